The number of para-hydroxylation sites is 2. The number of fused-ring (bicyclic) bond motifs is 2. The van der Waals surface area contributed by atoms with Crippen molar-refractivity contribution in [2.75, 3.05) is 5.32 Å². The van der Waals surface area contributed by atoms with Gasteiger partial charge in [0.05, 0.1) is 6.42 Å². The van der Waals surface area contributed by atoms with Gasteiger partial charge in [0.25, 0.3) is 5.91 Å². The highest BCUT2D eigenvalue weighted by atomic mass is 16.3. The summed E-state index contributed by atoms with van der Waals surface area (Å²) >= 11 is 0. The summed E-state index contributed by atoms with van der Waals surface area (Å²) in [5, 5.41) is 14.3. The number of amides is 1. The minimum atomic E-state index is -1.83. The fourth-order valence-corrected chi connectivity index (χ4v) is 3.43. The molecule has 0 spiro atoms. The number of aryl methyl sites for hydroxylation is 1. The van der Waals surface area contributed by atoms with Gasteiger partial charge in [-0.2, -0.15) is 0 Å². The van der Waals surface area contributed by atoms with Gasteiger partial charge in [-0.25, -0.2) is 0 Å². The third-order valence-electron chi connectivity index (χ3n) is 4.59. The predicted molar refractivity (Wildman–Crippen MR) is 91.0 cm³/mol. The van der Waals surface area contributed by atoms with E-state index in [1.54, 1.807) is 24.3 Å². The topological polar surface area (TPSA) is 82.2 Å². The van der Waals surface area contributed by atoms with Crippen molar-refractivity contribution in [3.05, 3.63) is 65.4 Å². The number of aliphatic hydroxyl groups is 1. The van der Waals surface area contributed by atoms with Gasteiger partial charge < -0.3 is 15.4 Å². The molecular weight excluding hydrogens is 304 g/mol. The van der Waals surface area contributed by atoms with E-state index in [2.05, 4.69) is 10.3 Å². The molecule has 1 aliphatic heterocycles. The zero-order valence-corrected chi connectivity index (χ0v) is 13.1. The second-order valence-electron chi connectivity index (χ2n) is 6.13. The van der Waals surface area contributed by atoms with Crippen molar-refractivity contribution in [2.45, 2.75) is 18.9 Å². The number of hydrogen-bond acceptors (Lipinski definition) is 3. The van der Waals surface area contributed by atoms with Gasteiger partial charge >= 0.3 is 0 Å². The van der Waals surface area contributed by atoms with Crippen molar-refractivity contribution in [2.24, 2.45) is 0 Å². The molecule has 0 fully saturated rings. The Morgan fingerprint density at radius 1 is 1.12 bits per heavy atom. The Kier molecular flexibility index (Phi) is 3.08. The molecule has 4 rings (SSSR count). The van der Waals surface area contributed by atoms with E-state index >= 15 is 0 Å². The number of carbonyl (C=O) groups is 2. The van der Waals surface area contributed by atoms with Gasteiger partial charge in [-0.3, -0.25) is 9.59 Å². The molecule has 24 heavy (non-hydrogen) atoms. The molecule has 1 unspecified atom stereocenters. The zero-order valence-electron chi connectivity index (χ0n) is 13.1. The number of nitrogens with one attached hydrogen (secondary N) is 2. The summed E-state index contributed by atoms with van der Waals surface area (Å²) in [6.07, 6.45) is -0.293. The van der Waals surface area contributed by atoms with Crippen LogP contribution in [0, 0.1) is 6.92 Å². The number of ketones is 1. The predicted octanol–water partition coefficient (Wildman–Crippen LogP) is 2.89. The minimum Gasteiger partial charge on any atom is -0.375 e. The lowest BCUT2D eigenvalue weighted by molar-refractivity contribution is -0.133. The molecule has 0 saturated carbocycles. The van der Waals surface area contributed by atoms with Crippen LogP contribution in [0.25, 0.3) is 10.9 Å². The highest BCUT2D eigenvalue weighted by Crippen LogP contribution is 2.39. The Morgan fingerprint density at radius 3 is 2.67 bits per heavy atom. The molecule has 120 valence electrons. The van der Waals surface area contributed by atoms with Gasteiger partial charge in [0, 0.05) is 33.4 Å². The zero-order chi connectivity index (χ0) is 16.9. The molecule has 1 amide bonds. The third-order valence-corrected chi connectivity index (χ3v) is 4.59. The summed E-state index contributed by atoms with van der Waals surface area (Å²) in [6, 6.07) is 14.4. The van der Waals surface area contributed by atoms with E-state index in [9.17, 15) is 14.7 Å². The lowest BCUT2D eigenvalue weighted by Gasteiger charge is -2.20. The molecule has 0 bridgehead atoms. The first-order valence-electron chi connectivity index (χ1n) is 7.74. The molecule has 5 heteroatoms. The second-order valence-corrected chi connectivity index (χ2v) is 6.13. The highest BCUT2D eigenvalue weighted by molar-refractivity contribution is 6.13. The van der Waals surface area contributed by atoms with E-state index in [4.69, 9.17) is 0 Å². The monoisotopic (exact) mass is 320 g/mol. The Morgan fingerprint density at radius 2 is 1.83 bits per heavy atom. The number of anilines is 1. The number of benzene rings is 2. The van der Waals surface area contributed by atoms with Crippen molar-refractivity contribution >= 4 is 28.3 Å². The fraction of sp³-hybridized carbons (Fsp3) is 0.158. The van der Waals surface area contributed by atoms with Crippen LogP contribution < -0.4 is 5.32 Å². The fourth-order valence-electron chi connectivity index (χ4n) is 3.43. The van der Waals surface area contributed by atoms with Crippen LogP contribution in [0.3, 0.4) is 0 Å². The van der Waals surface area contributed by atoms with Crippen LogP contribution in [0.15, 0.2) is 48.5 Å². The summed E-state index contributed by atoms with van der Waals surface area (Å²) in [6.45, 7) is 1.82. The minimum absolute atomic E-state index is 0.265. The number of hydrogen-bond donors (Lipinski definition) is 3. The molecule has 2 aromatic carbocycles. The van der Waals surface area contributed by atoms with E-state index in [-0.39, 0.29) is 12.2 Å². The van der Waals surface area contributed by atoms with Gasteiger partial charge in [0.1, 0.15) is 0 Å². The standard InChI is InChI=1S/C19H16N2O3/c1-11-17(12-6-2-4-8-14(12)20-11)16(22)10-19(24)13-7-3-5-9-15(13)21-18(19)23/h2-9,20,24H,10H2,1H3,(H,21,23). The Balaban J connectivity index is 1.76. The molecule has 1 atom stereocenters. The van der Waals surface area contributed by atoms with Gasteiger partial charge in [-0.15, -0.1) is 0 Å². The van der Waals surface area contributed by atoms with Crippen LogP contribution >= 0.6 is 0 Å². The lowest BCUT2D eigenvalue weighted by Crippen LogP contribution is -2.36. The van der Waals surface area contributed by atoms with Gasteiger partial charge in [0.2, 0.25) is 0 Å². The molecule has 0 aliphatic carbocycles. The Hall–Kier alpha value is -2.92. The molecule has 0 saturated heterocycles. The van der Waals surface area contributed by atoms with Crippen LogP contribution in [0.1, 0.15) is 28.0 Å². The van der Waals surface area contributed by atoms with Gasteiger partial charge in [-0.1, -0.05) is 36.4 Å². The van der Waals surface area contributed by atoms with E-state index in [0.717, 1.165) is 16.6 Å². The van der Waals surface area contributed by atoms with Crippen LogP contribution in [0.5, 0.6) is 0 Å². The Bertz CT molecular complexity index is 989. The van der Waals surface area contributed by atoms with Crippen LogP contribution in [0.2, 0.25) is 0 Å². The summed E-state index contributed by atoms with van der Waals surface area (Å²) < 4.78 is 0. The maximum Gasteiger partial charge on any atom is 0.261 e. The first kappa shape index (κ1) is 14.7. The third kappa shape index (κ3) is 1.98. The second kappa shape index (κ2) is 5.04. The summed E-state index contributed by atoms with van der Waals surface area (Å²) in [4.78, 5) is 28.4. The molecule has 1 aromatic heterocycles. The van der Waals surface area contributed by atoms with Crippen molar-refractivity contribution in [3.8, 4) is 0 Å². The average molecular weight is 320 g/mol. The summed E-state index contributed by atoms with van der Waals surface area (Å²) in [5.74, 6) is -0.825. The van der Waals surface area contributed by atoms with Crippen molar-refractivity contribution in [1.29, 1.82) is 0 Å². The number of rotatable bonds is 3. The molecule has 3 N–H and O–H groups in total. The highest BCUT2D eigenvalue weighted by Gasteiger charge is 2.46. The van der Waals surface area contributed by atoms with E-state index in [1.165, 1.54) is 0 Å². The van der Waals surface area contributed by atoms with Crippen molar-refractivity contribution < 1.29 is 14.7 Å². The molecule has 5 nitrogen and oxygen atoms in total. The van der Waals surface area contributed by atoms with Crippen LogP contribution in [-0.2, 0) is 10.4 Å². The molecule has 3 aromatic rings. The number of Topliss-reactive ketones (excluding diaryl/α,β-unsaturated/α-hetero) is 1. The SMILES string of the molecule is Cc1[nH]c2ccccc2c1C(=O)CC1(O)C(=O)Nc2ccccc21. The molecular formula is C19H16N2O3. The Labute approximate surface area is 138 Å². The largest absolute Gasteiger partial charge is 0.375 e. The number of carbonyl (C=O) groups excluding carboxylic acids is 2. The average Bonchev–Trinajstić information content (AvgIpc) is 3.02. The van der Waals surface area contributed by atoms with Crippen LogP contribution in [0.4, 0.5) is 5.69 Å². The molecule has 0 radical (unpaired) electrons. The molecule has 1 aliphatic rings. The van der Waals surface area contributed by atoms with E-state index < -0.39 is 11.5 Å². The first-order valence-corrected chi connectivity index (χ1v) is 7.74. The number of H-pyrrole nitrogens is 1. The van der Waals surface area contributed by atoms with Gasteiger partial charge in [-0.05, 0) is 19.1 Å². The number of aromatic amines is 1. The van der Waals surface area contributed by atoms with E-state index in [1.807, 2.05) is 31.2 Å². The van der Waals surface area contributed by atoms with Crippen molar-refractivity contribution in [3.63, 3.8) is 0 Å². The van der Waals surface area contributed by atoms with E-state index in [0.29, 0.717) is 16.8 Å². The normalized spacial score (nSPS) is 19.3. The maximum absolute atomic E-state index is 12.9. The lowest BCUT2D eigenvalue weighted by atomic mass is 9.87. The van der Waals surface area contributed by atoms with Gasteiger partial charge in [0.15, 0.2) is 11.4 Å². The summed E-state index contributed by atoms with van der Waals surface area (Å²) in [5.41, 5.74) is 1.28. The molecule has 2 heterocycles. The maximum atomic E-state index is 12.9. The smallest absolute Gasteiger partial charge is 0.261 e. The quantitative estimate of drug-likeness (QED) is 0.649. The van der Waals surface area contributed by atoms with Crippen molar-refractivity contribution in [1.82, 2.24) is 4.98 Å². The first-order chi connectivity index (χ1) is 11.5. The number of aromatic nitrogens is 1. The summed E-state index contributed by atoms with van der Waals surface area (Å²) in [7, 11) is 0. The van der Waals surface area contributed by atoms with Crippen LogP contribution in [-0.4, -0.2) is 21.8 Å².